The molecule has 2 nitrogen and oxygen atoms in total. The van der Waals surface area contributed by atoms with Crippen molar-refractivity contribution >= 4 is 0 Å². The van der Waals surface area contributed by atoms with Gasteiger partial charge in [-0.2, -0.15) is 5.26 Å². The molecule has 0 spiro atoms. The van der Waals surface area contributed by atoms with Crippen LogP contribution in [0, 0.1) is 17.2 Å². The molecule has 1 N–H and O–H groups in total. The van der Waals surface area contributed by atoms with Crippen LogP contribution in [0.5, 0.6) is 0 Å². The van der Waals surface area contributed by atoms with Crippen LogP contribution >= 0.6 is 0 Å². The summed E-state index contributed by atoms with van der Waals surface area (Å²) in [5.41, 5.74) is 1.40. The van der Waals surface area contributed by atoms with Gasteiger partial charge in [-0.25, -0.2) is 0 Å². The lowest BCUT2D eigenvalue weighted by Crippen LogP contribution is -2.35. The molecule has 0 heterocycles. The first-order valence-corrected chi connectivity index (χ1v) is 7.57. The van der Waals surface area contributed by atoms with Crippen molar-refractivity contribution in [2.24, 2.45) is 5.92 Å². The predicted octanol–water partition coefficient (Wildman–Crippen LogP) is 3.68. The van der Waals surface area contributed by atoms with Gasteiger partial charge in [-0.15, -0.1) is 0 Å². The monoisotopic (exact) mass is 256 g/mol. The SMILES string of the molecule is N#CC1CCCCCC1NCCCc1ccccc1. The molecular weight excluding hydrogens is 232 g/mol. The van der Waals surface area contributed by atoms with Crippen LogP contribution in [0.15, 0.2) is 30.3 Å². The third-order valence-electron chi connectivity index (χ3n) is 4.07. The largest absolute Gasteiger partial charge is 0.313 e. The van der Waals surface area contributed by atoms with Crippen LogP contribution in [0.2, 0.25) is 0 Å². The highest BCUT2D eigenvalue weighted by Gasteiger charge is 2.22. The van der Waals surface area contributed by atoms with Crippen LogP contribution < -0.4 is 5.32 Å². The smallest absolute Gasteiger partial charge is 0.0672 e. The average Bonchev–Trinajstić information content (AvgIpc) is 2.69. The Hall–Kier alpha value is -1.33. The summed E-state index contributed by atoms with van der Waals surface area (Å²) in [6.07, 6.45) is 8.31. The lowest BCUT2D eigenvalue weighted by Gasteiger charge is -2.20. The molecule has 0 saturated heterocycles. The minimum atomic E-state index is 0.222. The molecule has 2 rings (SSSR count). The first-order chi connectivity index (χ1) is 9.40. The predicted molar refractivity (Wildman–Crippen MR) is 78.7 cm³/mol. The van der Waals surface area contributed by atoms with Crippen molar-refractivity contribution in [3.63, 3.8) is 0 Å². The molecule has 0 amide bonds. The zero-order chi connectivity index (χ0) is 13.3. The fourth-order valence-corrected chi connectivity index (χ4v) is 2.93. The highest BCUT2D eigenvalue weighted by atomic mass is 14.9. The van der Waals surface area contributed by atoms with E-state index >= 15 is 0 Å². The van der Waals surface area contributed by atoms with Crippen LogP contribution in [-0.2, 0) is 6.42 Å². The van der Waals surface area contributed by atoms with Crippen LogP contribution in [0.4, 0.5) is 0 Å². The number of nitriles is 1. The minimum absolute atomic E-state index is 0.222. The van der Waals surface area contributed by atoms with Crippen molar-refractivity contribution in [1.29, 1.82) is 5.26 Å². The van der Waals surface area contributed by atoms with E-state index in [9.17, 15) is 5.26 Å². The molecule has 0 bridgehead atoms. The molecule has 1 saturated carbocycles. The van der Waals surface area contributed by atoms with Gasteiger partial charge in [0, 0.05) is 6.04 Å². The van der Waals surface area contributed by atoms with Crippen molar-refractivity contribution in [1.82, 2.24) is 5.32 Å². The van der Waals surface area contributed by atoms with Crippen LogP contribution in [0.25, 0.3) is 0 Å². The highest BCUT2D eigenvalue weighted by Crippen LogP contribution is 2.22. The van der Waals surface area contributed by atoms with Crippen molar-refractivity contribution in [2.75, 3.05) is 6.54 Å². The fraction of sp³-hybridized carbons (Fsp3) is 0.588. The fourth-order valence-electron chi connectivity index (χ4n) is 2.93. The molecule has 1 fully saturated rings. The van der Waals surface area contributed by atoms with Crippen LogP contribution in [0.1, 0.15) is 44.1 Å². The Bertz CT molecular complexity index is 393. The van der Waals surface area contributed by atoms with Gasteiger partial charge in [0.25, 0.3) is 0 Å². The van der Waals surface area contributed by atoms with Crippen LogP contribution in [-0.4, -0.2) is 12.6 Å². The average molecular weight is 256 g/mol. The Balaban J connectivity index is 1.70. The standard InChI is InChI=1S/C17H24N2/c18-14-16-11-5-2-6-12-17(16)19-13-7-10-15-8-3-1-4-9-15/h1,3-4,8-9,16-17,19H,2,5-7,10-13H2. The normalized spacial score (nSPS) is 23.5. The Kier molecular flexibility index (Phi) is 5.91. The van der Waals surface area contributed by atoms with Gasteiger partial charge < -0.3 is 5.32 Å². The second kappa shape index (κ2) is 7.96. The van der Waals surface area contributed by atoms with Crippen molar-refractivity contribution in [3.8, 4) is 6.07 Å². The van der Waals surface area contributed by atoms with Crippen molar-refractivity contribution in [2.45, 2.75) is 51.0 Å². The summed E-state index contributed by atoms with van der Waals surface area (Å²) >= 11 is 0. The zero-order valence-corrected chi connectivity index (χ0v) is 11.6. The van der Waals surface area contributed by atoms with Gasteiger partial charge >= 0.3 is 0 Å². The first-order valence-electron chi connectivity index (χ1n) is 7.57. The van der Waals surface area contributed by atoms with Gasteiger partial charge in [-0.05, 0) is 37.8 Å². The molecule has 1 aliphatic rings. The van der Waals surface area contributed by atoms with E-state index in [1.165, 1.54) is 31.2 Å². The first kappa shape index (κ1) is 14.1. The maximum absolute atomic E-state index is 9.23. The summed E-state index contributed by atoms with van der Waals surface area (Å²) in [7, 11) is 0. The number of aryl methyl sites for hydroxylation is 1. The molecule has 1 aromatic rings. The third kappa shape index (κ3) is 4.69. The summed E-state index contributed by atoms with van der Waals surface area (Å²) < 4.78 is 0. The van der Waals surface area contributed by atoms with Crippen molar-refractivity contribution < 1.29 is 0 Å². The summed E-state index contributed by atoms with van der Waals surface area (Å²) in [6, 6.07) is 13.5. The molecule has 0 radical (unpaired) electrons. The van der Waals surface area contributed by atoms with Crippen molar-refractivity contribution in [3.05, 3.63) is 35.9 Å². The molecule has 1 aromatic carbocycles. The number of nitrogens with one attached hydrogen (secondary N) is 1. The molecule has 0 aromatic heterocycles. The second-order valence-corrected chi connectivity index (χ2v) is 5.52. The number of rotatable bonds is 5. The Morgan fingerprint density at radius 3 is 2.68 bits per heavy atom. The number of hydrogen-bond donors (Lipinski definition) is 1. The maximum Gasteiger partial charge on any atom is 0.0672 e. The van der Waals surface area contributed by atoms with Gasteiger partial charge in [0.05, 0.1) is 12.0 Å². The van der Waals surface area contributed by atoms with E-state index in [-0.39, 0.29) is 5.92 Å². The summed E-state index contributed by atoms with van der Waals surface area (Å²) in [4.78, 5) is 0. The molecule has 2 unspecified atom stereocenters. The number of hydrogen-bond acceptors (Lipinski definition) is 2. The third-order valence-corrected chi connectivity index (χ3v) is 4.07. The summed E-state index contributed by atoms with van der Waals surface area (Å²) in [6.45, 7) is 1.03. The van der Waals surface area contributed by atoms with E-state index in [2.05, 4.69) is 41.7 Å². The van der Waals surface area contributed by atoms with Gasteiger partial charge in [-0.1, -0.05) is 49.6 Å². The van der Waals surface area contributed by atoms with E-state index in [1.54, 1.807) is 0 Å². The van der Waals surface area contributed by atoms with E-state index in [4.69, 9.17) is 0 Å². The Morgan fingerprint density at radius 2 is 1.89 bits per heavy atom. The van der Waals surface area contributed by atoms with Crippen LogP contribution in [0.3, 0.4) is 0 Å². The zero-order valence-electron chi connectivity index (χ0n) is 11.6. The van der Waals surface area contributed by atoms with E-state index in [0.717, 1.165) is 25.8 Å². The molecule has 2 atom stereocenters. The van der Waals surface area contributed by atoms with E-state index in [0.29, 0.717) is 6.04 Å². The topological polar surface area (TPSA) is 35.8 Å². The van der Waals surface area contributed by atoms with Gasteiger partial charge in [0.1, 0.15) is 0 Å². The van der Waals surface area contributed by atoms with E-state index < -0.39 is 0 Å². The molecule has 0 aliphatic heterocycles. The maximum atomic E-state index is 9.23. The number of benzene rings is 1. The Labute approximate surface area is 116 Å². The quantitative estimate of drug-likeness (QED) is 0.644. The van der Waals surface area contributed by atoms with Gasteiger partial charge in [0.2, 0.25) is 0 Å². The molecule has 2 heteroatoms. The number of nitrogens with zero attached hydrogens (tertiary/aromatic N) is 1. The second-order valence-electron chi connectivity index (χ2n) is 5.52. The summed E-state index contributed by atoms with van der Waals surface area (Å²) in [5, 5.41) is 12.8. The van der Waals surface area contributed by atoms with Gasteiger partial charge in [0.15, 0.2) is 0 Å². The minimum Gasteiger partial charge on any atom is -0.313 e. The molecule has 102 valence electrons. The Morgan fingerprint density at radius 1 is 1.11 bits per heavy atom. The van der Waals surface area contributed by atoms with Gasteiger partial charge in [-0.3, -0.25) is 0 Å². The van der Waals surface area contributed by atoms with E-state index in [1.807, 2.05) is 0 Å². The molecule has 1 aliphatic carbocycles. The lowest BCUT2D eigenvalue weighted by atomic mass is 9.96. The lowest BCUT2D eigenvalue weighted by molar-refractivity contribution is 0.393. The highest BCUT2D eigenvalue weighted by molar-refractivity contribution is 5.14. The molecular formula is C17H24N2. The molecule has 19 heavy (non-hydrogen) atoms. The summed E-state index contributed by atoms with van der Waals surface area (Å²) in [5.74, 6) is 0.222.